The van der Waals surface area contributed by atoms with Crippen LogP contribution < -0.4 is 11.1 Å². The van der Waals surface area contributed by atoms with E-state index in [2.05, 4.69) is 10.1 Å². The molecule has 0 spiro atoms. The fraction of sp³-hybridized carbons (Fsp3) is 0.200. The first-order valence-electron chi connectivity index (χ1n) is 4.38. The van der Waals surface area contributed by atoms with Gasteiger partial charge in [0.2, 0.25) is 0 Å². The molecule has 1 rings (SSSR count). The number of carbonyl (C=O) groups excluding carboxylic acids is 2. The van der Waals surface area contributed by atoms with Gasteiger partial charge in [0.05, 0.1) is 5.56 Å². The van der Waals surface area contributed by atoms with Crippen LogP contribution in [0.4, 0.5) is 0 Å². The maximum atomic E-state index is 11.2. The Labute approximate surface area is 87.2 Å². The van der Waals surface area contributed by atoms with Crippen LogP contribution in [0.15, 0.2) is 24.3 Å². The molecule has 1 amide bonds. The fourth-order valence-electron chi connectivity index (χ4n) is 1.06. The van der Waals surface area contributed by atoms with Crippen LogP contribution >= 0.6 is 0 Å². The summed E-state index contributed by atoms with van der Waals surface area (Å²) < 4.78 is 4.59. The third-order valence-electron chi connectivity index (χ3n) is 1.82. The number of nitrogens with one attached hydrogen (secondary N) is 1. The SMILES string of the molecule is CNC(=O)c1ccc(C(=O)OCN)cc1. The summed E-state index contributed by atoms with van der Waals surface area (Å²) in [6.07, 6.45) is 0. The molecule has 0 aromatic heterocycles. The zero-order chi connectivity index (χ0) is 11.3. The Bertz CT molecular complexity index is 359. The average Bonchev–Trinajstić information content (AvgIpc) is 2.28. The average molecular weight is 208 g/mol. The lowest BCUT2D eigenvalue weighted by Crippen LogP contribution is -2.18. The lowest BCUT2D eigenvalue weighted by molar-refractivity contribution is 0.0515. The molecule has 0 heterocycles. The zero-order valence-corrected chi connectivity index (χ0v) is 8.32. The second-order valence-electron chi connectivity index (χ2n) is 2.75. The highest BCUT2D eigenvalue weighted by Gasteiger charge is 2.07. The number of nitrogens with two attached hydrogens (primary N) is 1. The predicted octanol–water partition coefficient (Wildman–Crippen LogP) is 0.119. The fourth-order valence-corrected chi connectivity index (χ4v) is 1.06. The molecule has 0 aliphatic heterocycles. The summed E-state index contributed by atoms with van der Waals surface area (Å²) in [7, 11) is 1.54. The Morgan fingerprint density at radius 2 is 1.80 bits per heavy atom. The van der Waals surface area contributed by atoms with Crippen molar-refractivity contribution in [3.05, 3.63) is 35.4 Å². The van der Waals surface area contributed by atoms with Crippen molar-refractivity contribution < 1.29 is 14.3 Å². The monoisotopic (exact) mass is 208 g/mol. The highest BCUT2D eigenvalue weighted by Crippen LogP contribution is 2.05. The van der Waals surface area contributed by atoms with E-state index in [1.165, 1.54) is 12.1 Å². The van der Waals surface area contributed by atoms with Gasteiger partial charge in [0.25, 0.3) is 5.91 Å². The van der Waals surface area contributed by atoms with E-state index in [-0.39, 0.29) is 12.6 Å². The summed E-state index contributed by atoms with van der Waals surface area (Å²) in [5.41, 5.74) is 5.92. The normalized spacial score (nSPS) is 9.47. The first-order chi connectivity index (χ1) is 7.19. The van der Waals surface area contributed by atoms with E-state index in [1.54, 1.807) is 19.2 Å². The Balaban J connectivity index is 2.80. The van der Waals surface area contributed by atoms with Crippen LogP contribution in [-0.4, -0.2) is 25.7 Å². The lowest BCUT2D eigenvalue weighted by atomic mass is 10.1. The maximum absolute atomic E-state index is 11.2. The lowest BCUT2D eigenvalue weighted by Gasteiger charge is -2.02. The molecule has 0 fully saturated rings. The number of carbonyl (C=O) groups is 2. The molecule has 0 radical (unpaired) electrons. The van der Waals surface area contributed by atoms with E-state index in [0.717, 1.165) is 0 Å². The highest BCUT2D eigenvalue weighted by atomic mass is 16.5. The molecule has 15 heavy (non-hydrogen) atoms. The van der Waals surface area contributed by atoms with Gasteiger partial charge in [0.15, 0.2) is 0 Å². The van der Waals surface area contributed by atoms with Gasteiger partial charge < -0.3 is 10.1 Å². The molecular formula is C10H12N2O3. The van der Waals surface area contributed by atoms with Gasteiger partial charge in [-0.25, -0.2) is 4.79 Å². The van der Waals surface area contributed by atoms with Crippen LogP contribution in [0.1, 0.15) is 20.7 Å². The van der Waals surface area contributed by atoms with Gasteiger partial charge in [0.1, 0.15) is 6.73 Å². The molecule has 3 N–H and O–H groups in total. The van der Waals surface area contributed by atoms with Gasteiger partial charge in [-0.3, -0.25) is 10.5 Å². The minimum absolute atomic E-state index is 0.157. The summed E-state index contributed by atoms with van der Waals surface area (Å²) in [6, 6.07) is 6.13. The van der Waals surface area contributed by atoms with Crippen LogP contribution in [0.2, 0.25) is 0 Å². The number of ether oxygens (including phenoxy) is 1. The molecule has 1 aromatic rings. The minimum Gasteiger partial charge on any atom is -0.446 e. The number of rotatable bonds is 3. The number of amides is 1. The standard InChI is InChI=1S/C10H12N2O3/c1-12-9(13)7-2-4-8(5-3-7)10(14)15-6-11/h2-5H,6,11H2,1H3,(H,12,13). The molecule has 5 nitrogen and oxygen atoms in total. The van der Waals surface area contributed by atoms with Crippen molar-refractivity contribution >= 4 is 11.9 Å². The summed E-state index contributed by atoms with van der Waals surface area (Å²) in [4.78, 5) is 22.4. The Morgan fingerprint density at radius 3 is 2.27 bits per heavy atom. The van der Waals surface area contributed by atoms with Crippen LogP contribution in [0.3, 0.4) is 0 Å². The second-order valence-corrected chi connectivity index (χ2v) is 2.75. The topological polar surface area (TPSA) is 81.4 Å². The van der Waals surface area contributed by atoms with Crippen molar-refractivity contribution in [3.63, 3.8) is 0 Å². The van der Waals surface area contributed by atoms with Crippen LogP contribution in [-0.2, 0) is 4.74 Å². The molecular weight excluding hydrogens is 196 g/mol. The number of hydrogen-bond acceptors (Lipinski definition) is 4. The van der Waals surface area contributed by atoms with Gasteiger partial charge in [-0.2, -0.15) is 0 Å². The summed E-state index contributed by atoms with van der Waals surface area (Å²) in [5.74, 6) is -0.699. The minimum atomic E-state index is -0.499. The van der Waals surface area contributed by atoms with Crippen LogP contribution in [0.25, 0.3) is 0 Å². The van der Waals surface area contributed by atoms with E-state index in [4.69, 9.17) is 5.73 Å². The molecule has 0 bridgehead atoms. The quantitative estimate of drug-likeness (QED) is 0.546. The Kier molecular flexibility index (Phi) is 3.82. The first kappa shape index (κ1) is 11.2. The van der Waals surface area contributed by atoms with Gasteiger partial charge in [-0.15, -0.1) is 0 Å². The molecule has 0 unspecified atom stereocenters. The van der Waals surface area contributed by atoms with Crippen molar-refractivity contribution in [2.45, 2.75) is 0 Å². The Hall–Kier alpha value is -1.88. The molecule has 80 valence electrons. The summed E-state index contributed by atoms with van der Waals surface area (Å²) in [5, 5.41) is 2.48. The van der Waals surface area contributed by atoms with E-state index < -0.39 is 5.97 Å². The van der Waals surface area contributed by atoms with Crippen molar-refractivity contribution in [2.24, 2.45) is 5.73 Å². The number of esters is 1. The van der Waals surface area contributed by atoms with Crippen LogP contribution in [0.5, 0.6) is 0 Å². The van der Waals surface area contributed by atoms with E-state index >= 15 is 0 Å². The number of hydrogen-bond donors (Lipinski definition) is 2. The van der Waals surface area contributed by atoms with E-state index in [0.29, 0.717) is 11.1 Å². The smallest absolute Gasteiger partial charge is 0.339 e. The molecule has 0 saturated carbocycles. The largest absolute Gasteiger partial charge is 0.446 e. The van der Waals surface area contributed by atoms with Crippen molar-refractivity contribution in [1.29, 1.82) is 0 Å². The molecule has 1 aromatic carbocycles. The van der Waals surface area contributed by atoms with Crippen molar-refractivity contribution in [1.82, 2.24) is 5.32 Å². The van der Waals surface area contributed by atoms with E-state index in [9.17, 15) is 9.59 Å². The van der Waals surface area contributed by atoms with Crippen LogP contribution in [0, 0.1) is 0 Å². The third-order valence-corrected chi connectivity index (χ3v) is 1.82. The first-order valence-corrected chi connectivity index (χ1v) is 4.38. The number of benzene rings is 1. The van der Waals surface area contributed by atoms with Crippen molar-refractivity contribution in [2.75, 3.05) is 13.8 Å². The molecule has 0 atom stereocenters. The predicted molar refractivity (Wildman–Crippen MR) is 54.3 cm³/mol. The summed E-state index contributed by atoms with van der Waals surface area (Å²) in [6.45, 7) is -0.157. The second kappa shape index (κ2) is 5.11. The third kappa shape index (κ3) is 2.78. The molecule has 0 saturated heterocycles. The molecule has 5 heteroatoms. The van der Waals surface area contributed by atoms with Gasteiger partial charge in [-0.1, -0.05) is 0 Å². The van der Waals surface area contributed by atoms with Gasteiger partial charge >= 0.3 is 5.97 Å². The molecule has 0 aliphatic carbocycles. The van der Waals surface area contributed by atoms with Gasteiger partial charge in [0, 0.05) is 12.6 Å². The summed E-state index contributed by atoms with van der Waals surface area (Å²) >= 11 is 0. The molecule has 0 aliphatic rings. The van der Waals surface area contributed by atoms with Gasteiger partial charge in [-0.05, 0) is 24.3 Å². The highest BCUT2D eigenvalue weighted by molar-refractivity contribution is 5.96. The van der Waals surface area contributed by atoms with Crippen molar-refractivity contribution in [3.8, 4) is 0 Å². The van der Waals surface area contributed by atoms with E-state index in [1.807, 2.05) is 0 Å². The zero-order valence-electron chi connectivity index (χ0n) is 8.32. The Morgan fingerprint density at radius 1 is 1.27 bits per heavy atom. The maximum Gasteiger partial charge on any atom is 0.339 e.